The van der Waals surface area contributed by atoms with Crippen molar-refractivity contribution >= 4 is 0 Å². The third kappa shape index (κ3) is 2.58. The topological polar surface area (TPSA) is 29.5 Å². The average Bonchev–Trinajstić information content (AvgIpc) is 2.32. The fourth-order valence-corrected chi connectivity index (χ4v) is 1.35. The van der Waals surface area contributed by atoms with Gasteiger partial charge in [-0.25, -0.2) is 4.39 Å². The molecule has 0 atom stereocenters. The minimum atomic E-state index is -0.295. The van der Waals surface area contributed by atoms with Crippen molar-refractivity contribution in [1.82, 2.24) is 0 Å². The van der Waals surface area contributed by atoms with Gasteiger partial charge < -0.3 is 9.84 Å². The van der Waals surface area contributed by atoms with E-state index in [4.69, 9.17) is 9.84 Å². The average molecular weight is 218 g/mol. The van der Waals surface area contributed by atoms with Crippen LogP contribution in [0.1, 0.15) is 5.56 Å². The first-order valence-electron chi connectivity index (χ1n) is 4.91. The normalized spacial score (nSPS) is 10.1. The van der Waals surface area contributed by atoms with Crippen LogP contribution in [0.3, 0.4) is 0 Å². The Bertz CT molecular complexity index is 466. The van der Waals surface area contributed by atoms with Crippen molar-refractivity contribution in [1.29, 1.82) is 0 Å². The summed E-state index contributed by atoms with van der Waals surface area (Å²) < 4.78 is 18.2. The van der Waals surface area contributed by atoms with Gasteiger partial charge in [0.1, 0.15) is 17.3 Å². The SMILES string of the molecule is OCc1cccc(Oc2ccc(F)cc2)c1. The third-order valence-corrected chi connectivity index (χ3v) is 2.13. The molecule has 82 valence electrons. The lowest BCUT2D eigenvalue weighted by Crippen LogP contribution is -1.87. The van der Waals surface area contributed by atoms with E-state index in [1.54, 1.807) is 36.4 Å². The maximum absolute atomic E-state index is 12.7. The lowest BCUT2D eigenvalue weighted by atomic mass is 10.2. The van der Waals surface area contributed by atoms with Crippen LogP contribution in [0.5, 0.6) is 11.5 Å². The fourth-order valence-electron chi connectivity index (χ4n) is 1.35. The largest absolute Gasteiger partial charge is 0.457 e. The van der Waals surface area contributed by atoms with E-state index in [1.165, 1.54) is 12.1 Å². The van der Waals surface area contributed by atoms with Crippen molar-refractivity contribution in [2.24, 2.45) is 0 Å². The molecule has 2 aromatic rings. The van der Waals surface area contributed by atoms with Crippen LogP contribution in [-0.2, 0) is 6.61 Å². The molecule has 1 N–H and O–H groups in total. The maximum atomic E-state index is 12.7. The summed E-state index contributed by atoms with van der Waals surface area (Å²) in [6, 6.07) is 12.9. The van der Waals surface area contributed by atoms with Crippen LogP contribution in [0, 0.1) is 5.82 Å². The van der Waals surface area contributed by atoms with E-state index in [1.807, 2.05) is 0 Å². The van der Waals surface area contributed by atoms with Gasteiger partial charge in [0, 0.05) is 0 Å². The molecule has 0 aliphatic carbocycles. The number of ether oxygens (including phenoxy) is 1. The molecule has 16 heavy (non-hydrogen) atoms. The summed E-state index contributed by atoms with van der Waals surface area (Å²) in [5, 5.41) is 8.96. The fraction of sp³-hybridized carbons (Fsp3) is 0.0769. The minimum absolute atomic E-state index is 0.0272. The summed E-state index contributed by atoms with van der Waals surface area (Å²) in [6.07, 6.45) is 0. The highest BCUT2D eigenvalue weighted by atomic mass is 19.1. The molecular formula is C13H11FO2. The highest BCUT2D eigenvalue weighted by Gasteiger charge is 1.98. The lowest BCUT2D eigenvalue weighted by Gasteiger charge is -2.06. The number of aliphatic hydroxyl groups excluding tert-OH is 1. The summed E-state index contributed by atoms with van der Waals surface area (Å²) in [7, 11) is 0. The summed E-state index contributed by atoms with van der Waals surface area (Å²) >= 11 is 0. The predicted octanol–water partition coefficient (Wildman–Crippen LogP) is 3.11. The second-order valence-electron chi connectivity index (χ2n) is 3.36. The van der Waals surface area contributed by atoms with Crippen LogP contribution in [0.4, 0.5) is 4.39 Å². The zero-order chi connectivity index (χ0) is 11.4. The highest BCUT2D eigenvalue weighted by Crippen LogP contribution is 2.22. The van der Waals surface area contributed by atoms with Gasteiger partial charge in [0.05, 0.1) is 6.61 Å². The Kier molecular flexibility index (Phi) is 3.17. The molecular weight excluding hydrogens is 207 g/mol. The van der Waals surface area contributed by atoms with E-state index in [-0.39, 0.29) is 12.4 Å². The van der Waals surface area contributed by atoms with Gasteiger partial charge in [-0.05, 0) is 42.0 Å². The first kappa shape index (κ1) is 10.6. The molecule has 0 heterocycles. The second-order valence-corrected chi connectivity index (χ2v) is 3.36. The molecule has 0 aromatic heterocycles. The smallest absolute Gasteiger partial charge is 0.127 e. The number of benzene rings is 2. The van der Waals surface area contributed by atoms with Crippen LogP contribution >= 0.6 is 0 Å². The molecule has 0 aliphatic rings. The molecule has 2 rings (SSSR count). The van der Waals surface area contributed by atoms with Crippen LogP contribution in [0.15, 0.2) is 48.5 Å². The van der Waals surface area contributed by atoms with Crippen LogP contribution in [-0.4, -0.2) is 5.11 Å². The highest BCUT2D eigenvalue weighted by molar-refractivity contribution is 5.33. The molecule has 0 amide bonds. The van der Waals surface area contributed by atoms with Crippen LogP contribution in [0.2, 0.25) is 0 Å². The summed E-state index contributed by atoms with van der Waals surface area (Å²) in [5.74, 6) is 0.895. The Hall–Kier alpha value is -1.87. The van der Waals surface area contributed by atoms with Gasteiger partial charge in [0.25, 0.3) is 0 Å². The molecule has 0 aliphatic heterocycles. The molecule has 0 saturated heterocycles. The Labute approximate surface area is 92.9 Å². The van der Waals surface area contributed by atoms with E-state index >= 15 is 0 Å². The van der Waals surface area contributed by atoms with Gasteiger partial charge >= 0.3 is 0 Å². The van der Waals surface area contributed by atoms with Gasteiger partial charge in [0.15, 0.2) is 0 Å². The van der Waals surface area contributed by atoms with Gasteiger partial charge in [0.2, 0.25) is 0 Å². The van der Waals surface area contributed by atoms with Gasteiger partial charge in [-0.15, -0.1) is 0 Å². The molecule has 0 unspecified atom stereocenters. The predicted molar refractivity (Wildman–Crippen MR) is 58.8 cm³/mol. The van der Waals surface area contributed by atoms with E-state index in [0.717, 1.165) is 5.56 Å². The quantitative estimate of drug-likeness (QED) is 0.857. The molecule has 0 bridgehead atoms. The zero-order valence-corrected chi connectivity index (χ0v) is 8.56. The molecule has 0 spiro atoms. The molecule has 3 heteroatoms. The van der Waals surface area contributed by atoms with Crippen LogP contribution < -0.4 is 4.74 Å². The van der Waals surface area contributed by atoms with Gasteiger partial charge in [-0.2, -0.15) is 0 Å². The number of halogens is 1. The zero-order valence-electron chi connectivity index (χ0n) is 8.56. The van der Waals surface area contributed by atoms with Crippen molar-refractivity contribution in [2.75, 3.05) is 0 Å². The van der Waals surface area contributed by atoms with Crippen molar-refractivity contribution in [3.8, 4) is 11.5 Å². The van der Waals surface area contributed by atoms with Gasteiger partial charge in [-0.1, -0.05) is 12.1 Å². The first-order valence-corrected chi connectivity index (χ1v) is 4.91. The van der Waals surface area contributed by atoms with Crippen LogP contribution in [0.25, 0.3) is 0 Å². The lowest BCUT2D eigenvalue weighted by molar-refractivity contribution is 0.281. The minimum Gasteiger partial charge on any atom is -0.457 e. The van der Waals surface area contributed by atoms with Crippen molar-refractivity contribution in [3.63, 3.8) is 0 Å². The molecule has 2 aromatic carbocycles. The number of hydrogen-bond donors (Lipinski definition) is 1. The molecule has 0 saturated carbocycles. The summed E-state index contributed by atoms with van der Waals surface area (Å²) in [4.78, 5) is 0. The Morgan fingerprint density at radius 2 is 1.75 bits per heavy atom. The van der Waals surface area contributed by atoms with Crippen molar-refractivity contribution in [3.05, 3.63) is 59.9 Å². The van der Waals surface area contributed by atoms with E-state index in [0.29, 0.717) is 11.5 Å². The Balaban J connectivity index is 2.16. The number of rotatable bonds is 3. The second kappa shape index (κ2) is 4.77. The number of aliphatic hydroxyl groups is 1. The van der Waals surface area contributed by atoms with Gasteiger partial charge in [-0.3, -0.25) is 0 Å². The van der Waals surface area contributed by atoms with Crippen molar-refractivity contribution < 1.29 is 14.2 Å². The standard InChI is InChI=1S/C13H11FO2/c14-11-4-6-12(7-5-11)16-13-3-1-2-10(8-13)9-15/h1-8,15H,9H2. The Morgan fingerprint density at radius 3 is 2.44 bits per heavy atom. The first-order chi connectivity index (χ1) is 7.78. The van der Waals surface area contributed by atoms with E-state index < -0.39 is 0 Å². The third-order valence-electron chi connectivity index (χ3n) is 2.13. The van der Waals surface area contributed by atoms with E-state index in [9.17, 15) is 4.39 Å². The molecule has 0 fully saturated rings. The van der Waals surface area contributed by atoms with Crippen molar-refractivity contribution in [2.45, 2.75) is 6.61 Å². The summed E-state index contributed by atoms with van der Waals surface area (Å²) in [6.45, 7) is -0.0272. The van der Waals surface area contributed by atoms with E-state index in [2.05, 4.69) is 0 Å². The Morgan fingerprint density at radius 1 is 1.00 bits per heavy atom. The summed E-state index contributed by atoms with van der Waals surface area (Å²) in [5.41, 5.74) is 0.777. The molecule has 0 radical (unpaired) electrons. The maximum Gasteiger partial charge on any atom is 0.127 e. The monoisotopic (exact) mass is 218 g/mol. The number of hydrogen-bond acceptors (Lipinski definition) is 2. The molecule has 2 nitrogen and oxygen atoms in total.